The molecule has 1 aliphatic rings. The molecular formula is C10H12F5NO2. The van der Waals surface area contributed by atoms with E-state index in [0.717, 1.165) is 0 Å². The molecule has 1 heterocycles. The lowest BCUT2D eigenvalue weighted by molar-refractivity contribution is -0.256. The quantitative estimate of drug-likeness (QED) is 0.584. The van der Waals surface area contributed by atoms with Crippen molar-refractivity contribution in [2.45, 2.75) is 24.9 Å². The average molecular weight is 273 g/mol. The van der Waals surface area contributed by atoms with Gasteiger partial charge >= 0.3 is 12.1 Å². The van der Waals surface area contributed by atoms with Gasteiger partial charge in [-0.05, 0) is 6.42 Å². The predicted octanol–water partition coefficient (Wildman–Crippen LogP) is 2.54. The van der Waals surface area contributed by atoms with Gasteiger partial charge < -0.3 is 4.84 Å². The van der Waals surface area contributed by atoms with Crippen LogP contribution in [0.1, 0.15) is 12.8 Å². The molecule has 0 N–H and O–H groups in total. The Labute approximate surface area is 100 Å². The maximum atomic E-state index is 13.4. The second kappa shape index (κ2) is 5.21. The van der Waals surface area contributed by atoms with Gasteiger partial charge in [-0.3, -0.25) is 0 Å². The molecule has 0 aromatic carbocycles. The maximum Gasteiger partial charge on any atom is 0.492 e. The monoisotopic (exact) mass is 273 g/mol. The highest BCUT2D eigenvalue weighted by Crippen LogP contribution is 2.36. The van der Waals surface area contributed by atoms with Crippen molar-refractivity contribution in [1.29, 1.82) is 0 Å². The number of carbonyl (C=O) groups is 1. The van der Waals surface area contributed by atoms with Crippen LogP contribution in [-0.2, 0) is 9.63 Å². The van der Waals surface area contributed by atoms with E-state index in [2.05, 4.69) is 11.4 Å². The van der Waals surface area contributed by atoms with E-state index < -0.39 is 43.5 Å². The molecular weight excluding hydrogens is 261 g/mol. The minimum Gasteiger partial charge on any atom is -0.361 e. The van der Waals surface area contributed by atoms with Gasteiger partial charge in [-0.15, -0.1) is 11.6 Å². The standard InChI is InChI=1S/C10H12F5NO2/c1-2-3-7-6-16(5-4-9(7,11)12)18-8(17)10(13,14)15/h2,7H,1,3-6H2. The van der Waals surface area contributed by atoms with Crippen LogP contribution in [0.25, 0.3) is 0 Å². The summed E-state index contributed by atoms with van der Waals surface area (Å²) < 4.78 is 62.5. The molecule has 3 nitrogen and oxygen atoms in total. The molecule has 1 saturated heterocycles. The van der Waals surface area contributed by atoms with Crippen molar-refractivity contribution >= 4 is 5.97 Å². The summed E-state index contributed by atoms with van der Waals surface area (Å²) in [6, 6.07) is 0. The fourth-order valence-corrected chi connectivity index (χ4v) is 1.65. The van der Waals surface area contributed by atoms with Gasteiger partial charge in [0.15, 0.2) is 0 Å². The van der Waals surface area contributed by atoms with E-state index in [1.807, 2.05) is 0 Å². The molecule has 18 heavy (non-hydrogen) atoms. The Morgan fingerprint density at radius 1 is 1.50 bits per heavy atom. The van der Waals surface area contributed by atoms with Crippen LogP contribution in [0.4, 0.5) is 22.0 Å². The third-order valence-corrected chi connectivity index (χ3v) is 2.61. The van der Waals surface area contributed by atoms with E-state index in [1.165, 1.54) is 6.08 Å². The predicted molar refractivity (Wildman–Crippen MR) is 51.6 cm³/mol. The van der Waals surface area contributed by atoms with Crippen LogP contribution in [0.3, 0.4) is 0 Å². The zero-order valence-electron chi connectivity index (χ0n) is 9.34. The van der Waals surface area contributed by atoms with Crippen molar-refractivity contribution < 1.29 is 31.6 Å². The molecule has 1 rings (SSSR count). The molecule has 0 radical (unpaired) electrons. The van der Waals surface area contributed by atoms with Crippen LogP contribution >= 0.6 is 0 Å². The summed E-state index contributed by atoms with van der Waals surface area (Å²) in [5.74, 6) is -6.59. The fraction of sp³-hybridized carbons (Fsp3) is 0.700. The van der Waals surface area contributed by atoms with Crippen molar-refractivity contribution in [1.82, 2.24) is 5.06 Å². The molecule has 104 valence electrons. The lowest BCUT2D eigenvalue weighted by atomic mass is 9.92. The summed E-state index contributed by atoms with van der Waals surface area (Å²) in [7, 11) is 0. The van der Waals surface area contributed by atoms with Gasteiger partial charge in [0.2, 0.25) is 0 Å². The van der Waals surface area contributed by atoms with Gasteiger partial charge in [0.1, 0.15) is 0 Å². The average Bonchev–Trinajstić information content (AvgIpc) is 2.22. The highest BCUT2D eigenvalue weighted by molar-refractivity contribution is 5.75. The number of halogens is 5. The summed E-state index contributed by atoms with van der Waals surface area (Å²) in [5.41, 5.74) is 0. The Balaban J connectivity index is 2.61. The molecule has 0 saturated carbocycles. The van der Waals surface area contributed by atoms with Crippen LogP contribution < -0.4 is 0 Å². The first kappa shape index (κ1) is 14.9. The molecule has 0 spiro atoms. The van der Waals surface area contributed by atoms with Crippen LogP contribution in [0.15, 0.2) is 12.7 Å². The smallest absolute Gasteiger partial charge is 0.361 e. The van der Waals surface area contributed by atoms with Crippen LogP contribution in [0.2, 0.25) is 0 Å². The highest BCUT2D eigenvalue weighted by Gasteiger charge is 2.47. The molecule has 0 aromatic rings. The van der Waals surface area contributed by atoms with Crippen molar-refractivity contribution in [3.8, 4) is 0 Å². The summed E-state index contributed by atoms with van der Waals surface area (Å²) in [4.78, 5) is 14.6. The zero-order chi connectivity index (χ0) is 14.0. The number of allylic oxidation sites excluding steroid dienone is 1. The normalized spacial score (nSPS) is 24.6. The van der Waals surface area contributed by atoms with E-state index in [1.54, 1.807) is 0 Å². The van der Waals surface area contributed by atoms with Crippen LogP contribution in [0, 0.1) is 5.92 Å². The lowest BCUT2D eigenvalue weighted by Crippen LogP contribution is -2.48. The number of alkyl halides is 5. The summed E-state index contributed by atoms with van der Waals surface area (Å²) in [6.07, 6.45) is -4.59. The zero-order valence-corrected chi connectivity index (χ0v) is 9.34. The first-order valence-electron chi connectivity index (χ1n) is 5.19. The Hall–Kier alpha value is -1.18. The van der Waals surface area contributed by atoms with Gasteiger partial charge in [0.05, 0.1) is 0 Å². The first-order valence-corrected chi connectivity index (χ1v) is 5.19. The summed E-state index contributed by atoms with van der Waals surface area (Å²) >= 11 is 0. The van der Waals surface area contributed by atoms with Gasteiger partial charge in [0.25, 0.3) is 5.92 Å². The molecule has 0 aromatic heterocycles. The highest BCUT2D eigenvalue weighted by atomic mass is 19.4. The van der Waals surface area contributed by atoms with Crippen LogP contribution in [-0.4, -0.2) is 36.2 Å². The number of piperidine rings is 1. The van der Waals surface area contributed by atoms with Crippen molar-refractivity contribution in [3.05, 3.63) is 12.7 Å². The second-order valence-corrected chi connectivity index (χ2v) is 4.00. The second-order valence-electron chi connectivity index (χ2n) is 4.00. The molecule has 1 fully saturated rings. The SMILES string of the molecule is C=CCC1CN(OC(=O)C(F)(F)F)CCC1(F)F. The Morgan fingerprint density at radius 3 is 2.61 bits per heavy atom. The van der Waals surface area contributed by atoms with Gasteiger partial charge in [0, 0.05) is 25.4 Å². The molecule has 1 unspecified atom stereocenters. The van der Waals surface area contributed by atoms with Crippen molar-refractivity contribution in [2.24, 2.45) is 5.92 Å². The maximum absolute atomic E-state index is 13.4. The summed E-state index contributed by atoms with van der Waals surface area (Å²) in [5, 5.41) is 0.626. The molecule has 1 aliphatic heterocycles. The number of hydrogen-bond acceptors (Lipinski definition) is 3. The molecule has 0 amide bonds. The Kier molecular flexibility index (Phi) is 4.31. The summed E-state index contributed by atoms with van der Waals surface area (Å²) in [6.45, 7) is 2.43. The third-order valence-electron chi connectivity index (χ3n) is 2.61. The molecule has 1 atom stereocenters. The number of rotatable bonds is 3. The van der Waals surface area contributed by atoms with E-state index in [-0.39, 0.29) is 6.42 Å². The first-order chi connectivity index (χ1) is 8.16. The van der Waals surface area contributed by atoms with Crippen molar-refractivity contribution in [3.63, 3.8) is 0 Å². The molecule has 8 heteroatoms. The van der Waals surface area contributed by atoms with E-state index in [9.17, 15) is 26.7 Å². The largest absolute Gasteiger partial charge is 0.492 e. The Bertz CT molecular complexity index is 329. The number of carbonyl (C=O) groups excluding carboxylic acids is 1. The number of nitrogens with zero attached hydrogens (tertiary/aromatic N) is 1. The number of hydrogen-bond donors (Lipinski definition) is 0. The van der Waals surface area contributed by atoms with Crippen LogP contribution in [0.5, 0.6) is 0 Å². The fourth-order valence-electron chi connectivity index (χ4n) is 1.65. The minimum absolute atomic E-state index is 0.0624. The van der Waals surface area contributed by atoms with Crippen molar-refractivity contribution in [2.75, 3.05) is 13.1 Å². The van der Waals surface area contributed by atoms with Gasteiger partial charge in [-0.2, -0.15) is 13.2 Å². The molecule has 0 bridgehead atoms. The van der Waals surface area contributed by atoms with Gasteiger partial charge in [-0.1, -0.05) is 6.08 Å². The van der Waals surface area contributed by atoms with E-state index in [0.29, 0.717) is 5.06 Å². The Morgan fingerprint density at radius 2 is 2.11 bits per heavy atom. The third kappa shape index (κ3) is 3.66. The minimum atomic E-state index is -5.13. The molecule has 0 aliphatic carbocycles. The van der Waals surface area contributed by atoms with E-state index in [4.69, 9.17) is 0 Å². The number of hydroxylamine groups is 2. The van der Waals surface area contributed by atoms with Gasteiger partial charge in [-0.25, -0.2) is 13.6 Å². The topological polar surface area (TPSA) is 29.5 Å². The lowest BCUT2D eigenvalue weighted by Gasteiger charge is -2.36. The van der Waals surface area contributed by atoms with E-state index >= 15 is 0 Å².